The number of ether oxygens (including phenoxy) is 1. The highest BCUT2D eigenvalue weighted by Gasteiger charge is 2.23. The Kier molecular flexibility index (Phi) is 5.76. The third kappa shape index (κ3) is 4.25. The number of hydrogen-bond donors (Lipinski definition) is 1. The summed E-state index contributed by atoms with van der Waals surface area (Å²) in [6.07, 6.45) is 2.54. The Morgan fingerprint density at radius 3 is 3.00 bits per heavy atom. The van der Waals surface area contributed by atoms with E-state index < -0.39 is 0 Å². The summed E-state index contributed by atoms with van der Waals surface area (Å²) in [6, 6.07) is 5.95. The summed E-state index contributed by atoms with van der Waals surface area (Å²) < 4.78 is 5.73. The van der Waals surface area contributed by atoms with Gasteiger partial charge in [0.15, 0.2) is 0 Å². The summed E-state index contributed by atoms with van der Waals surface area (Å²) in [6.45, 7) is 3.79. The number of nitrogens with one attached hydrogen (secondary N) is 1. The van der Waals surface area contributed by atoms with Gasteiger partial charge in [-0.3, -0.25) is 4.90 Å². The fourth-order valence-corrected chi connectivity index (χ4v) is 2.98. The molecule has 1 fully saturated rings. The van der Waals surface area contributed by atoms with E-state index in [9.17, 15) is 0 Å². The molecule has 1 aromatic carbocycles. The molecule has 0 saturated carbocycles. The molecule has 0 spiro atoms. The van der Waals surface area contributed by atoms with Gasteiger partial charge >= 0.3 is 0 Å². The minimum absolute atomic E-state index is 0.570. The molecule has 1 heterocycles. The minimum Gasteiger partial charge on any atom is -0.491 e. The topological polar surface area (TPSA) is 24.5 Å². The van der Waals surface area contributed by atoms with E-state index in [1.54, 1.807) is 12.1 Å². The second-order valence-corrected chi connectivity index (χ2v) is 5.66. The van der Waals surface area contributed by atoms with Gasteiger partial charge in [0, 0.05) is 24.2 Å². The van der Waals surface area contributed by atoms with Crippen molar-refractivity contribution in [3.63, 3.8) is 0 Å². The number of nitrogens with zero attached hydrogens (tertiary/aromatic N) is 1. The first-order chi connectivity index (χ1) is 9.20. The van der Waals surface area contributed by atoms with Crippen LogP contribution in [0.3, 0.4) is 0 Å². The Morgan fingerprint density at radius 2 is 2.26 bits per heavy atom. The number of rotatable bonds is 6. The van der Waals surface area contributed by atoms with Gasteiger partial charge in [-0.25, -0.2) is 0 Å². The van der Waals surface area contributed by atoms with Crippen molar-refractivity contribution in [2.24, 2.45) is 0 Å². The first kappa shape index (κ1) is 14.9. The summed E-state index contributed by atoms with van der Waals surface area (Å²) in [7, 11) is 2.00. The maximum absolute atomic E-state index is 6.07. The van der Waals surface area contributed by atoms with Crippen LogP contribution < -0.4 is 10.1 Å². The SMILES string of the molecule is CNCC1CCCN1CCOc1ccc(Cl)cc1Cl. The molecule has 5 heteroatoms. The van der Waals surface area contributed by atoms with Crippen molar-refractivity contribution in [3.05, 3.63) is 28.2 Å². The number of benzene rings is 1. The molecule has 1 unspecified atom stereocenters. The van der Waals surface area contributed by atoms with E-state index in [0.717, 1.165) is 19.6 Å². The molecule has 1 atom stereocenters. The molecule has 1 aromatic rings. The van der Waals surface area contributed by atoms with Crippen molar-refractivity contribution < 1.29 is 4.74 Å². The molecule has 0 bridgehead atoms. The van der Waals surface area contributed by atoms with Gasteiger partial charge in [-0.2, -0.15) is 0 Å². The van der Waals surface area contributed by atoms with Crippen LogP contribution in [0.2, 0.25) is 10.0 Å². The Bertz CT molecular complexity index is 414. The zero-order chi connectivity index (χ0) is 13.7. The summed E-state index contributed by atoms with van der Waals surface area (Å²) in [4.78, 5) is 2.47. The predicted molar refractivity (Wildman–Crippen MR) is 80.5 cm³/mol. The largest absolute Gasteiger partial charge is 0.491 e. The average Bonchev–Trinajstić information content (AvgIpc) is 2.80. The van der Waals surface area contributed by atoms with Crippen LogP contribution in [0.25, 0.3) is 0 Å². The maximum Gasteiger partial charge on any atom is 0.138 e. The smallest absolute Gasteiger partial charge is 0.138 e. The third-order valence-corrected chi connectivity index (χ3v) is 4.00. The second-order valence-electron chi connectivity index (χ2n) is 4.81. The van der Waals surface area contributed by atoms with Crippen LogP contribution in [0.1, 0.15) is 12.8 Å². The van der Waals surface area contributed by atoms with E-state index in [1.807, 2.05) is 13.1 Å². The lowest BCUT2D eigenvalue weighted by atomic mass is 10.2. The summed E-state index contributed by atoms with van der Waals surface area (Å²) in [5, 5.41) is 4.45. The van der Waals surface area contributed by atoms with Gasteiger partial charge in [0.25, 0.3) is 0 Å². The van der Waals surface area contributed by atoms with Crippen LogP contribution in [0.5, 0.6) is 5.75 Å². The number of likely N-dealkylation sites (N-methyl/N-ethyl adjacent to an activating group) is 1. The summed E-state index contributed by atoms with van der Waals surface area (Å²) >= 11 is 11.9. The lowest BCUT2D eigenvalue weighted by Gasteiger charge is -2.24. The van der Waals surface area contributed by atoms with E-state index in [1.165, 1.54) is 12.8 Å². The highest BCUT2D eigenvalue weighted by molar-refractivity contribution is 6.35. The van der Waals surface area contributed by atoms with E-state index in [-0.39, 0.29) is 0 Å². The Balaban J connectivity index is 1.79. The van der Waals surface area contributed by atoms with Crippen molar-refractivity contribution in [2.75, 3.05) is 33.3 Å². The quantitative estimate of drug-likeness (QED) is 0.874. The first-order valence-electron chi connectivity index (χ1n) is 6.67. The molecule has 3 nitrogen and oxygen atoms in total. The van der Waals surface area contributed by atoms with Crippen molar-refractivity contribution >= 4 is 23.2 Å². The van der Waals surface area contributed by atoms with E-state index in [2.05, 4.69) is 10.2 Å². The summed E-state index contributed by atoms with van der Waals surface area (Å²) in [5.74, 6) is 0.704. The highest BCUT2D eigenvalue weighted by atomic mass is 35.5. The molecule has 1 N–H and O–H groups in total. The van der Waals surface area contributed by atoms with Gasteiger partial charge in [-0.05, 0) is 44.6 Å². The van der Waals surface area contributed by atoms with Crippen molar-refractivity contribution in [1.29, 1.82) is 0 Å². The van der Waals surface area contributed by atoms with E-state index in [4.69, 9.17) is 27.9 Å². The van der Waals surface area contributed by atoms with Gasteiger partial charge in [0.2, 0.25) is 0 Å². The summed E-state index contributed by atoms with van der Waals surface area (Å²) in [5.41, 5.74) is 0. The van der Waals surface area contributed by atoms with Crippen molar-refractivity contribution in [3.8, 4) is 5.75 Å². The lowest BCUT2D eigenvalue weighted by Crippen LogP contribution is -2.39. The molecular weight excluding hydrogens is 283 g/mol. The standard InChI is InChI=1S/C14H20Cl2N2O/c1-17-10-12-3-2-6-18(12)7-8-19-14-5-4-11(15)9-13(14)16/h4-5,9,12,17H,2-3,6-8,10H2,1H3. The molecule has 0 aromatic heterocycles. The van der Waals surface area contributed by atoms with Crippen LogP contribution in [-0.2, 0) is 0 Å². The van der Waals surface area contributed by atoms with Crippen LogP contribution in [-0.4, -0.2) is 44.2 Å². The number of hydrogen-bond acceptors (Lipinski definition) is 3. The molecule has 19 heavy (non-hydrogen) atoms. The molecule has 0 aliphatic carbocycles. The van der Waals surface area contributed by atoms with E-state index in [0.29, 0.717) is 28.4 Å². The first-order valence-corrected chi connectivity index (χ1v) is 7.43. The molecule has 2 rings (SSSR count). The highest BCUT2D eigenvalue weighted by Crippen LogP contribution is 2.27. The third-order valence-electron chi connectivity index (χ3n) is 3.47. The molecular formula is C14H20Cl2N2O. The number of halogens is 2. The van der Waals surface area contributed by atoms with Crippen molar-refractivity contribution in [1.82, 2.24) is 10.2 Å². The molecule has 1 saturated heterocycles. The fourth-order valence-electron chi connectivity index (χ4n) is 2.52. The normalized spacial score (nSPS) is 19.8. The maximum atomic E-state index is 6.07. The van der Waals surface area contributed by atoms with E-state index >= 15 is 0 Å². The van der Waals surface area contributed by atoms with Crippen LogP contribution in [0, 0.1) is 0 Å². The average molecular weight is 303 g/mol. The van der Waals surface area contributed by atoms with Gasteiger partial charge in [0.05, 0.1) is 5.02 Å². The van der Waals surface area contributed by atoms with Gasteiger partial charge in [0.1, 0.15) is 12.4 Å². The van der Waals surface area contributed by atoms with Gasteiger partial charge < -0.3 is 10.1 Å². The van der Waals surface area contributed by atoms with Crippen LogP contribution >= 0.6 is 23.2 Å². The minimum atomic E-state index is 0.570. The van der Waals surface area contributed by atoms with Crippen LogP contribution in [0.15, 0.2) is 18.2 Å². The van der Waals surface area contributed by atoms with Crippen molar-refractivity contribution in [2.45, 2.75) is 18.9 Å². The zero-order valence-corrected chi connectivity index (χ0v) is 12.7. The predicted octanol–water partition coefficient (Wildman–Crippen LogP) is 3.06. The zero-order valence-electron chi connectivity index (χ0n) is 11.2. The number of likely N-dealkylation sites (tertiary alicyclic amines) is 1. The van der Waals surface area contributed by atoms with Crippen LogP contribution in [0.4, 0.5) is 0 Å². The molecule has 106 valence electrons. The Morgan fingerprint density at radius 1 is 1.42 bits per heavy atom. The lowest BCUT2D eigenvalue weighted by molar-refractivity contribution is 0.195. The van der Waals surface area contributed by atoms with Gasteiger partial charge in [-0.15, -0.1) is 0 Å². The monoisotopic (exact) mass is 302 g/mol. The second kappa shape index (κ2) is 7.34. The molecule has 0 radical (unpaired) electrons. The Hall–Kier alpha value is -0.480. The molecule has 1 aliphatic heterocycles. The van der Waals surface area contributed by atoms with Gasteiger partial charge in [-0.1, -0.05) is 23.2 Å². The fraction of sp³-hybridized carbons (Fsp3) is 0.571. The Labute approximate surface area is 124 Å². The molecule has 0 amide bonds. The molecule has 1 aliphatic rings.